The van der Waals surface area contributed by atoms with E-state index in [1.54, 1.807) is 19.2 Å². The Balaban J connectivity index is 2.63. The minimum absolute atomic E-state index is 0.237. The van der Waals surface area contributed by atoms with Gasteiger partial charge in [-0.2, -0.15) is 5.10 Å². The summed E-state index contributed by atoms with van der Waals surface area (Å²) in [5, 5.41) is 9.82. The molecule has 0 aliphatic heterocycles. The average molecular weight is 205 g/mol. The first-order valence-corrected chi connectivity index (χ1v) is 4.71. The van der Waals surface area contributed by atoms with Crippen LogP contribution in [0.5, 0.6) is 0 Å². The van der Waals surface area contributed by atoms with Crippen molar-refractivity contribution in [1.29, 1.82) is 0 Å². The summed E-state index contributed by atoms with van der Waals surface area (Å²) in [6, 6.07) is 6.67. The Morgan fingerprint density at radius 2 is 2.07 bits per heavy atom. The molecule has 15 heavy (non-hydrogen) atoms. The highest BCUT2D eigenvalue weighted by molar-refractivity contribution is 5.77. The molecule has 1 heterocycles. The third kappa shape index (κ3) is 1.58. The van der Waals surface area contributed by atoms with Crippen LogP contribution in [0.4, 0.5) is 10.2 Å². The van der Waals surface area contributed by atoms with E-state index < -0.39 is 0 Å². The molecule has 0 fully saturated rings. The lowest BCUT2D eigenvalue weighted by Gasteiger charge is -2.04. The van der Waals surface area contributed by atoms with Gasteiger partial charge in [-0.25, -0.2) is 4.39 Å². The van der Waals surface area contributed by atoms with E-state index in [1.165, 1.54) is 6.07 Å². The van der Waals surface area contributed by atoms with Gasteiger partial charge < -0.3 is 5.32 Å². The fourth-order valence-electron chi connectivity index (χ4n) is 1.60. The normalized spacial score (nSPS) is 10.3. The Hall–Kier alpha value is -1.84. The Kier molecular flexibility index (Phi) is 2.41. The minimum Gasteiger partial charge on any atom is -0.371 e. The number of aromatic amines is 1. The molecule has 2 aromatic rings. The minimum atomic E-state index is -0.237. The Morgan fingerprint density at radius 3 is 2.73 bits per heavy atom. The number of hydrogen-bond donors (Lipinski definition) is 2. The van der Waals surface area contributed by atoms with Crippen LogP contribution in [0.2, 0.25) is 0 Å². The molecule has 0 bridgehead atoms. The van der Waals surface area contributed by atoms with Gasteiger partial charge in [0.1, 0.15) is 5.82 Å². The predicted molar refractivity (Wildman–Crippen MR) is 58.3 cm³/mol. The number of nitrogens with one attached hydrogen (secondary N) is 2. The number of aryl methyl sites for hydroxylation is 1. The lowest BCUT2D eigenvalue weighted by molar-refractivity contribution is 0.631. The van der Waals surface area contributed by atoms with Gasteiger partial charge in [0.25, 0.3) is 0 Å². The molecule has 0 saturated heterocycles. The van der Waals surface area contributed by atoms with Crippen LogP contribution in [0, 0.1) is 12.7 Å². The fourth-order valence-corrected chi connectivity index (χ4v) is 1.60. The molecule has 0 amide bonds. The third-order valence-electron chi connectivity index (χ3n) is 2.33. The summed E-state index contributed by atoms with van der Waals surface area (Å²) >= 11 is 0. The molecule has 0 aliphatic carbocycles. The number of H-pyrrole nitrogens is 1. The SMILES string of the molecule is CNc1n[nH]c(C)c1-c1ccccc1F. The zero-order valence-electron chi connectivity index (χ0n) is 8.63. The van der Waals surface area contributed by atoms with Gasteiger partial charge in [-0.1, -0.05) is 18.2 Å². The van der Waals surface area contributed by atoms with E-state index in [4.69, 9.17) is 0 Å². The number of anilines is 1. The van der Waals surface area contributed by atoms with Gasteiger partial charge in [-0.05, 0) is 13.0 Å². The quantitative estimate of drug-likeness (QED) is 0.791. The van der Waals surface area contributed by atoms with E-state index in [1.807, 2.05) is 13.0 Å². The van der Waals surface area contributed by atoms with Gasteiger partial charge in [0.15, 0.2) is 5.82 Å². The third-order valence-corrected chi connectivity index (χ3v) is 2.33. The summed E-state index contributed by atoms with van der Waals surface area (Å²) in [7, 11) is 1.76. The molecule has 0 unspecified atom stereocenters. The van der Waals surface area contributed by atoms with Gasteiger partial charge in [-0.15, -0.1) is 0 Å². The molecule has 1 aromatic heterocycles. The Bertz CT molecular complexity index is 476. The first kappa shape index (κ1) is 9.71. The summed E-state index contributed by atoms with van der Waals surface area (Å²) in [5.41, 5.74) is 2.20. The van der Waals surface area contributed by atoms with E-state index in [-0.39, 0.29) is 5.82 Å². The van der Waals surface area contributed by atoms with Gasteiger partial charge in [0.2, 0.25) is 0 Å². The number of benzene rings is 1. The molecule has 1 aromatic carbocycles. The highest BCUT2D eigenvalue weighted by atomic mass is 19.1. The van der Waals surface area contributed by atoms with Crippen LogP contribution in [0.15, 0.2) is 24.3 Å². The molecule has 0 radical (unpaired) electrons. The molecule has 0 saturated carbocycles. The molecular formula is C11H12FN3. The molecule has 0 atom stereocenters. The number of hydrogen-bond acceptors (Lipinski definition) is 2. The number of rotatable bonds is 2. The van der Waals surface area contributed by atoms with Crippen molar-refractivity contribution in [3.63, 3.8) is 0 Å². The summed E-state index contributed by atoms with van der Waals surface area (Å²) < 4.78 is 13.6. The summed E-state index contributed by atoms with van der Waals surface area (Å²) in [6.07, 6.45) is 0. The summed E-state index contributed by atoms with van der Waals surface area (Å²) in [5.74, 6) is 0.427. The predicted octanol–water partition coefficient (Wildman–Crippen LogP) is 2.57. The van der Waals surface area contributed by atoms with E-state index in [9.17, 15) is 4.39 Å². The van der Waals surface area contributed by atoms with Crippen LogP contribution in [-0.4, -0.2) is 17.2 Å². The zero-order chi connectivity index (χ0) is 10.8. The first-order valence-electron chi connectivity index (χ1n) is 4.71. The van der Waals surface area contributed by atoms with Crippen LogP contribution >= 0.6 is 0 Å². The van der Waals surface area contributed by atoms with Crippen molar-refractivity contribution in [3.8, 4) is 11.1 Å². The molecule has 0 aliphatic rings. The van der Waals surface area contributed by atoms with E-state index in [2.05, 4.69) is 15.5 Å². The zero-order valence-corrected chi connectivity index (χ0v) is 8.63. The van der Waals surface area contributed by atoms with Crippen molar-refractivity contribution >= 4 is 5.82 Å². The van der Waals surface area contributed by atoms with Crippen LogP contribution in [-0.2, 0) is 0 Å². The van der Waals surface area contributed by atoms with Gasteiger partial charge >= 0.3 is 0 Å². The Morgan fingerprint density at radius 1 is 1.33 bits per heavy atom. The van der Waals surface area contributed by atoms with Crippen molar-refractivity contribution in [2.24, 2.45) is 0 Å². The smallest absolute Gasteiger partial charge is 0.155 e. The average Bonchev–Trinajstić information content (AvgIpc) is 2.60. The van der Waals surface area contributed by atoms with E-state index >= 15 is 0 Å². The number of aromatic nitrogens is 2. The second-order valence-electron chi connectivity index (χ2n) is 3.30. The second kappa shape index (κ2) is 3.73. The highest BCUT2D eigenvalue weighted by Gasteiger charge is 2.14. The monoisotopic (exact) mass is 205 g/mol. The first-order chi connectivity index (χ1) is 7.24. The van der Waals surface area contributed by atoms with Crippen LogP contribution < -0.4 is 5.32 Å². The van der Waals surface area contributed by atoms with Gasteiger partial charge in [0, 0.05) is 23.9 Å². The van der Waals surface area contributed by atoms with E-state index in [0.717, 1.165) is 11.3 Å². The highest BCUT2D eigenvalue weighted by Crippen LogP contribution is 2.30. The summed E-state index contributed by atoms with van der Waals surface area (Å²) in [4.78, 5) is 0. The van der Waals surface area contributed by atoms with Gasteiger partial charge in [-0.3, -0.25) is 5.10 Å². The Labute approximate surface area is 87.3 Å². The van der Waals surface area contributed by atoms with Crippen molar-refractivity contribution in [3.05, 3.63) is 35.8 Å². The molecule has 3 nitrogen and oxygen atoms in total. The maximum absolute atomic E-state index is 13.6. The molecule has 2 N–H and O–H groups in total. The van der Waals surface area contributed by atoms with E-state index in [0.29, 0.717) is 11.4 Å². The molecule has 78 valence electrons. The number of nitrogens with zero attached hydrogens (tertiary/aromatic N) is 1. The molecule has 4 heteroatoms. The number of halogens is 1. The van der Waals surface area contributed by atoms with Crippen molar-refractivity contribution in [1.82, 2.24) is 10.2 Å². The lowest BCUT2D eigenvalue weighted by atomic mass is 10.1. The maximum atomic E-state index is 13.6. The van der Waals surface area contributed by atoms with Crippen molar-refractivity contribution in [2.75, 3.05) is 12.4 Å². The summed E-state index contributed by atoms with van der Waals surface area (Å²) in [6.45, 7) is 1.87. The van der Waals surface area contributed by atoms with Crippen LogP contribution in [0.1, 0.15) is 5.69 Å². The van der Waals surface area contributed by atoms with Gasteiger partial charge in [0.05, 0.1) is 0 Å². The van der Waals surface area contributed by atoms with Crippen molar-refractivity contribution in [2.45, 2.75) is 6.92 Å². The van der Waals surface area contributed by atoms with Crippen LogP contribution in [0.25, 0.3) is 11.1 Å². The molecule has 2 rings (SSSR count). The largest absolute Gasteiger partial charge is 0.371 e. The van der Waals surface area contributed by atoms with Crippen molar-refractivity contribution < 1.29 is 4.39 Å². The van der Waals surface area contributed by atoms with Crippen LogP contribution in [0.3, 0.4) is 0 Å². The fraction of sp³-hybridized carbons (Fsp3) is 0.182. The lowest BCUT2D eigenvalue weighted by Crippen LogP contribution is -1.92. The molecular weight excluding hydrogens is 193 g/mol. The maximum Gasteiger partial charge on any atom is 0.155 e. The topological polar surface area (TPSA) is 40.7 Å². The molecule has 0 spiro atoms. The second-order valence-corrected chi connectivity index (χ2v) is 3.30. The standard InChI is InChI=1S/C11H12FN3/c1-7-10(11(13-2)15-14-7)8-5-3-4-6-9(8)12/h3-6H,1-2H3,(H2,13,14,15).